The molecule has 0 aliphatic rings. The second-order valence-electron chi connectivity index (χ2n) is 2.73. The lowest BCUT2D eigenvalue weighted by Crippen LogP contribution is -2.42. The average Bonchev–Trinajstić information content (AvgIpc) is 2.14. The van der Waals surface area contributed by atoms with Gasteiger partial charge in [0, 0.05) is 13.5 Å². The van der Waals surface area contributed by atoms with Gasteiger partial charge in [-0.2, -0.15) is 4.72 Å². The monoisotopic (exact) mass is 235 g/mol. The fourth-order valence-corrected chi connectivity index (χ4v) is 1.89. The van der Waals surface area contributed by atoms with Crippen molar-refractivity contribution in [1.29, 1.82) is 0 Å². The van der Waals surface area contributed by atoms with E-state index in [9.17, 15) is 13.2 Å². The van der Waals surface area contributed by atoms with E-state index in [1.165, 1.54) is 7.11 Å². The molecule has 0 saturated heterocycles. The van der Waals surface area contributed by atoms with E-state index in [0.29, 0.717) is 0 Å². The molecule has 1 unspecified atom stereocenters. The zero-order chi connectivity index (χ0) is 11.9. The molecule has 0 aromatic carbocycles. The Bertz CT molecular complexity index is 343. The molecule has 1 atom stereocenters. The summed E-state index contributed by atoms with van der Waals surface area (Å²) in [6.07, 6.45) is 4.72. The van der Waals surface area contributed by atoms with Crippen LogP contribution in [0.3, 0.4) is 0 Å². The normalized spacial score (nSPS) is 13.1. The number of terminal acetylenes is 1. The van der Waals surface area contributed by atoms with E-state index in [0.717, 1.165) is 0 Å². The summed E-state index contributed by atoms with van der Waals surface area (Å²) in [5, 5.41) is 8.64. The Morgan fingerprint density at radius 1 is 1.67 bits per heavy atom. The SMILES string of the molecule is C#CCC(NS(=O)(=O)CCOC)C(=O)O. The zero-order valence-electron chi connectivity index (χ0n) is 8.26. The maximum absolute atomic E-state index is 11.3. The summed E-state index contributed by atoms with van der Waals surface area (Å²) in [5.41, 5.74) is 0. The highest BCUT2D eigenvalue weighted by atomic mass is 32.2. The van der Waals surface area contributed by atoms with E-state index >= 15 is 0 Å². The molecule has 0 aromatic heterocycles. The number of carbonyl (C=O) groups is 1. The van der Waals surface area contributed by atoms with Crippen molar-refractivity contribution >= 4 is 16.0 Å². The number of sulfonamides is 1. The Hall–Kier alpha value is -1.10. The van der Waals surface area contributed by atoms with Gasteiger partial charge < -0.3 is 9.84 Å². The third kappa shape index (κ3) is 6.06. The number of carboxylic acids is 1. The Morgan fingerprint density at radius 2 is 2.27 bits per heavy atom. The van der Waals surface area contributed by atoms with E-state index in [1.54, 1.807) is 0 Å². The van der Waals surface area contributed by atoms with Crippen molar-refractivity contribution in [2.75, 3.05) is 19.5 Å². The Labute approximate surface area is 88.7 Å². The minimum absolute atomic E-state index is 0.00226. The second-order valence-corrected chi connectivity index (χ2v) is 4.60. The van der Waals surface area contributed by atoms with Gasteiger partial charge >= 0.3 is 5.97 Å². The second kappa shape index (κ2) is 6.40. The number of aliphatic carboxylic acids is 1. The molecule has 0 amide bonds. The van der Waals surface area contributed by atoms with Gasteiger partial charge in [-0.25, -0.2) is 8.42 Å². The first-order valence-electron chi connectivity index (χ1n) is 4.08. The largest absolute Gasteiger partial charge is 0.480 e. The molecule has 2 N–H and O–H groups in total. The van der Waals surface area contributed by atoms with Gasteiger partial charge in [-0.1, -0.05) is 0 Å². The quantitative estimate of drug-likeness (QED) is 0.554. The standard InChI is InChI=1S/C8H13NO5S/c1-3-4-7(8(10)11)9-15(12,13)6-5-14-2/h1,7,9H,4-6H2,2H3,(H,10,11). The fourth-order valence-electron chi connectivity index (χ4n) is 0.766. The molecule has 0 saturated carbocycles. The smallest absolute Gasteiger partial charge is 0.322 e. The fraction of sp³-hybridized carbons (Fsp3) is 0.625. The molecule has 7 heteroatoms. The molecule has 0 aliphatic heterocycles. The molecule has 0 rings (SSSR count). The van der Waals surface area contributed by atoms with E-state index in [2.05, 4.69) is 10.7 Å². The number of methoxy groups -OCH3 is 1. The van der Waals surface area contributed by atoms with Crippen LogP contribution in [0, 0.1) is 12.3 Å². The predicted octanol–water partition coefficient (Wildman–Crippen LogP) is -0.971. The highest BCUT2D eigenvalue weighted by Crippen LogP contribution is 1.95. The minimum Gasteiger partial charge on any atom is -0.480 e. The minimum atomic E-state index is -3.66. The molecule has 86 valence electrons. The Balaban J connectivity index is 4.40. The van der Waals surface area contributed by atoms with Crippen LogP contribution in [0.2, 0.25) is 0 Å². The summed E-state index contributed by atoms with van der Waals surface area (Å²) < 4.78 is 29.1. The molecule has 15 heavy (non-hydrogen) atoms. The average molecular weight is 235 g/mol. The molecule has 0 fully saturated rings. The molecule has 0 radical (unpaired) electrons. The summed E-state index contributed by atoms with van der Waals surface area (Å²) >= 11 is 0. The number of carboxylic acid groups (broad SMARTS) is 1. The summed E-state index contributed by atoms with van der Waals surface area (Å²) in [4.78, 5) is 10.6. The van der Waals surface area contributed by atoms with Crippen LogP contribution in [0.5, 0.6) is 0 Å². The first kappa shape index (κ1) is 13.9. The van der Waals surface area contributed by atoms with Crippen LogP contribution in [0.25, 0.3) is 0 Å². The van der Waals surface area contributed by atoms with Crippen molar-refractivity contribution in [3.8, 4) is 12.3 Å². The molecular weight excluding hydrogens is 222 g/mol. The molecule has 0 aromatic rings. The van der Waals surface area contributed by atoms with Crippen LogP contribution in [0.1, 0.15) is 6.42 Å². The third-order valence-corrected chi connectivity index (χ3v) is 2.85. The molecule has 6 nitrogen and oxygen atoms in total. The van der Waals surface area contributed by atoms with Crippen molar-refractivity contribution in [3.05, 3.63) is 0 Å². The van der Waals surface area contributed by atoms with E-state index < -0.39 is 22.0 Å². The summed E-state index contributed by atoms with van der Waals surface area (Å²) in [5.74, 6) is 0.498. The van der Waals surface area contributed by atoms with Gasteiger partial charge in [0.05, 0.1) is 12.4 Å². The number of ether oxygens (including phenoxy) is 1. The summed E-state index contributed by atoms with van der Waals surface area (Å²) in [6.45, 7) is -0.00226. The lowest BCUT2D eigenvalue weighted by Gasteiger charge is -2.11. The lowest BCUT2D eigenvalue weighted by molar-refractivity contribution is -0.138. The van der Waals surface area contributed by atoms with E-state index in [1.807, 2.05) is 4.72 Å². The first-order chi connectivity index (χ1) is 6.93. The Kier molecular flexibility index (Phi) is 5.93. The van der Waals surface area contributed by atoms with Gasteiger partial charge in [-0.05, 0) is 0 Å². The van der Waals surface area contributed by atoms with Crippen molar-refractivity contribution < 1.29 is 23.1 Å². The number of nitrogens with one attached hydrogen (secondary N) is 1. The highest BCUT2D eigenvalue weighted by Gasteiger charge is 2.22. The third-order valence-electron chi connectivity index (χ3n) is 1.50. The lowest BCUT2D eigenvalue weighted by atomic mass is 10.2. The van der Waals surface area contributed by atoms with Crippen LogP contribution in [-0.4, -0.2) is 45.0 Å². The van der Waals surface area contributed by atoms with Crippen molar-refractivity contribution in [3.63, 3.8) is 0 Å². The van der Waals surface area contributed by atoms with E-state index in [4.69, 9.17) is 11.5 Å². The van der Waals surface area contributed by atoms with Crippen LogP contribution >= 0.6 is 0 Å². The summed E-state index contributed by atoms with van der Waals surface area (Å²) in [7, 11) is -2.31. The zero-order valence-corrected chi connectivity index (χ0v) is 9.08. The molecular formula is C8H13NO5S. The maximum Gasteiger partial charge on any atom is 0.322 e. The van der Waals surface area contributed by atoms with Gasteiger partial charge in [0.1, 0.15) is 6.04 Å². The number of rotatable bonds is 7. The number of hydrogen-bond donors (Lipinski definition) is 2. The van der Waals surface area contributed by atoms with Crippen molar-refractivity contribution in [2.45, 2.75) is 12.5 Å². The van der Waals surface area contributed by atoms with Gasteiger partial charge in [-0.3, -0.25) is 4.79 Å². The topological polar surface area (TPSA) is 92.7 Å². The van der Waals surface area contributed by atoms with Crippen LogP contribution in [-0.2, 0) is 19.6 Å². The maximum atomic E-state index is 11.3. The molecule has 0 heterocycles. The van der Waals surface area contributed by atoms with Gasteiger partial charge in [0.2, 0.25) is 10.0 Å². The number of hydrogen-bond acceptors (Lipinski definition) is 4. The first-order valence-corrected chi connectivity index (χ1v) is 5.73. The van der Waals surface area contributed by atoms with E-state index in [-0.39, 0.29) is 18.8 Å². The van der Waals surface area contributed by atoms with Gasteiger partial charge in [-0.15, -0.1) is 12.3 Å². The van der Waals surface area contributed by atoms with Crippen molar-refractivity contribution in [2.24, 2.45) is 0 Å². The van der Waals surface area contributed by atoms with Crippen molar-refractivity contribution in [1.82, 2.24) is 4.72 Å². The summed E-state index contributed by atoms with van der Waals surface area (Å²) in [6, 6.07) is -1.28. The van der Waals surface area contributed by atoms with Crippen LogP contribution < -0.4 is 4.72 Å². The van der Waals surface area contributed by atoms with Crippen LogP contribution in [0.4, 0.5) is 0 Å². The molecule has 0 spiro atoms. The Morgan fingerprint density at radius 3 is 2.67 bits per heavy atom. The predicted molar refractivity (Wildman–Crippen MR) is 53.7 cm³/mol. The molecule has 0 aliphatic carbocycles. The van der Waals surface area contributed by atoms with Crippen LogP contribution in [0.15, 0.2) is 0 Å². The molecule has 0 bridgehead atoms. The van der Waals surface area contributed by atoms with Gasteiger partial charge in [0.25, 0.3) is 0 Å². The van der Waals surface area contributed by atoms with Gasteiger partial charge in [0.15, 0.2) is 0 Å². The highest BCUT2D eigenvalue weighted by molar-refractivity contribution is 7.89.